The second kappa shape index (κ2) is 7.13. The first-order chi connectivity index (χ1) is 15.5. The fourth-order valence-electron chi connectivity index (χ4n) is 5.41. The topological polar surface area (TPSA) is 89.2 Å². The summed E-state index contributed by atoms with van der Waals surface area (Å²) in [6.07, 6.45) is 5.07. The zero-order valence-electron chi connectivity index (χ0n) is 18.1. The van der Waals surface area contributed by atoms with Crippen molar-refractivity contribution in [3.63, 3.8) is 0 Å². The van der Waals surface area contributed by atoms with Crippen molar-refractivity contribution in [1.82, 2.24) is 15.0 Å². The molecule has 1 saturated carbocycles. The van der Waals surface area contributed by atoms with E-state index in [0.29, 0.717) is 24.0 Å². The summed E-state index contributed by atoms with van der Waals surface area (Å²) in [5.74, 6) is 2.19. The molecule has 6 rings (SSSR count). The molecule has 7 nitrogen and oxygen atoms in total. The monoisotopic (exact) mass is 432 g/mol. The van der Waals surface area contributed by atoms with Crippen LogP contribution in [-0.2, 0) is 6.42 Å². The molecule has 3 unspecified atom stereocenters. The van der Waals surface area contributed by atoms with Gasteiger partial charge in [0.2, 0.25) is 0 Å². The van der Waals surface area contributed by atoms with Crippen molar-refractivity contribution in [2.24, 2.45) is 17.6 Å². The number of ether oxygens (including phenoxy) is 1. The van der Waals surface area contributed by atoms with Gasteiger partial charge in [-0.2, -0.15) is 9.97 Å². The lowest BCUT2D eigenvalue weighted by Crippen LogP contribution is -2.46. The van der Waals surface area contributed by atoms with Crippen LogP contribution in [0.15, 0.2) is 30.6 Å². The molecule has 2 aliphatic carbocycles. The van der Waals surface area contributed by atoms with Gasteiger partial charge in [0, 0.05) is 50.0 Å². The molecule has 1 aliphatic heterocycles. The third kappa shape index (κ3) is 3.01. The average molecular weight is 433 g/mol. The summed E-state index contributed by atoms with van der Waals surface area (Å²) in [6.45, 7) is 3.71. The first-order valence-corrected chi connectivity index (χ1v) is 11.0. The Morgan fingerprint density at radius 2 is 2.06 bits per heavy atom. The molecule has 8 heteroatoms. The number of fused-ring (bicyclic) bond motifs is 4. The van der Waals surface area contributed by atoms with Gasteiger partial charge in [0.05, 0.1) is 11.9 Å². The van der Waals surface area contributed by atoms with Crippen molar-refractivity contribution in [2.45, 2.75) is 25.8 Å². The number of hydrogen-bond acceptors (Lipinski definition) is 7. The van der Waals surface area contributed by atoms with Gasteiger partial charge in [-0.15, -0.1) is 0 Å². The van der Waals surface area contributed by atoms with Gasteiger partial charge in [0.25, 0.3) is 0 Å². The van der Waals surface area contributed by atoms with Gasteiger partial charge in [-0.1, -0.05) is 0 Å². The van der Waals surface area contributed by atoms with E-state index in [1.807, 2.05) is 20.0 Å². The summed E-state index contributed by atoms with van der Waals surface area (Å²) in [7, 11) is 1.81. The molecule has 3 N–H and O–H groups in total. The number of nitrogens with zero attached hydrogens (tertiary/aromatic N) is 4. The van der Waals surface area contributed by atoms with E-state index in [-0.39, 0.29) is 17.9 Å². The highest BCUT2D eigenvalue weighted by Crippen LogP contribution is 2.48. The van der Waals surface area contributed by atoms with E-state index in [0.717, 1.165) is 59.0 Å². The SMILES string of the molecule is CNc1cc(F)cc2c1Cc1nc(Oc3cncc(C)c3)nc(N3CC4CC(N)C4C3)c1-2. The molecule has 0 radical (unpaired) electrons. The van der Waals surface area contributed by atoms with Gasteiger partial charge in [-0.05, 0) is 60.1 Å². The summed E-state index contributed by atoms with van der Waals surface area (Å²) in [4.78, 5) is 16.1. The molecule has 32 heavy (non-hydrogen) atoms. The van der Waals surface area contributed by atoms with Crippen LogP contribution in [-0.4, -0.2) is 41.1 Å². The number of nitrogens with one attached hydrogen (secondary N) is 1. The van der Waals surface area contributed by atoms with Crippen LogP contribution in [0.5, 0.6) is 11.8 Å². The Labute approximate surface area is 185 Å². The number of nitrogens with two attached hydrogens (primary N) is 1. The summed E-state index contributed by atoms with van der Waals surface area (Å²) in [5, 5.41) is 3.12. The maximum Gasteiger partial charge on any atom is 0.324 e. The van der Waals surface area contributed by atoms with E-state index in [2.05, 4.69) is 15.2 Å². The molecule has 2 aromatic heterocycles. The van der Waals surface area contributed by atoms with E-state index in [4.69, 9.17) is 20.4 Å². The molecule has 0 bridgehead atoms. The minimum atomic E-state index is -0.276. The molecule has 0 amide bonds. The van der Waals surface area contributed by atoms with Crippen molar-refractivity contribution in [1.29, 1.82) is 0 Å². The van der Waals surface area contributed by atoms with Gasteiger partial charge >= 0.3 is 6.01 Å². The van der Waals surface area contributed by atoms with Crippen molar-refractivity contribution in [3.8, 4) is 22.9 Å². The Morgan fingerprint density at radius 1 is 1.19 bits per heavy atom. The molecule has 3 heterocycles. The quantitative estimate of drug-likeness (QED) is 0.510. The van der Waals surface area contributed by atoms with E-state index in [1.54, 1.807) is 18.5 Å². The summed E-state index contributed by atoms with van der Waals surface area (Å²) < 4.78 is 20.5. The maximum atomic E-state index is 14.5. The van der Waals surface area contributed by atoms with Crippen molar-refractivity contribution in [2.75, 3.05) is 30.4 Å². The number of hydrogen-bond donors (Lipinski definition) is 2. The Hall–Kier alpha value is -3.26. The Morgan fingerprint density at radius 3 is 2.81 bits per heavy atom. The van der Waals surface area contributed by atoms with Gasteiger partial charge in [-0.3, -0.25) is 4.98 Å². The second-order valence-electron chi connectivity index (χ2n) is 9.09. The molecule has 1 saturated heterocycles. The van der Waals surface area contributed by atoms with Crippen LogP contribution in [0, 0.1) is 24.6 Å². The van der Waals surface area contributed by atoms with Gasteiger partial charge in [0.15, 0.2) is 0 Å². The third-order valence-corrected chi connectivity index (χ3v) is 7.02. The zero-order valence-corrected chi connectivity index (χ0v) is 18.1. The zero-order chi connectivity index (χ0) is 22.0. The normalized spacial score (nSPS) is 22.8. The molecule has 0 spiro atoms. The highest BCUT2D eigenvalue weighted by atomic mass is 19.1. The molecular weight excluding hydrogens is 407 g/mol. The van der Waals surface area contributed by atoms with Crippen LogP contribution in [0.3, 0.4) is 0 Å². The molecule has 164 valence electrons. The number of aromatic nitrogens is 3. The minimum Gasteiger partial charge on any atom is -0.423 e. The predicted molar refractivity (Wildman–Crippen MR) is 121 cm³/mol. The number of halogens is 1. The number of anilines is 2. The lowest BCUT2D eigenvalue weighted by Gasteiger charge is -2.36. The van der Waals surface area contributed by atoms with E-state index < -0.39 is 0 Å². The van der Waals surface area contributed by atoms with Crippen molar-refractivity contribution >= 4 is 11.5 Å². The molecular formula is C24H25FN6O. The standard InChI is InChI=1S/C24H25FN6O/c1-12-3-15(9-28-8-12)32-24-29-21-7-16-17(5-14(25)6-20(16)27-2)22(21)23(30-24)31-10-13-4-19(26)18(13)11-31/h3,5-6,8-9,13,18-19,27H,4,7,10-11,26H2,1-2H3. The van der Waals surface area contributed by atoms with Crippen LogP contribution in [0.2, 0.25) is 0 Å². The number of pyridine rings is 1. The smallest absolute Gasteiger partial charge is 0.324 e. The van der Waals surface area contributed by atoms with E-state index >= 15 is 0 Å². The average Bonchev–Trinajstić information content (AvgIpc) is 3.30. The lowest BCUT2D eigenvalue weighted by atomic mass is 9.72. The fourth-order valence-corrected chi connectivity index (χ4v) is 5.41. The molecule has 3 aliphatic rings. The van der Waals surface area contributed by atoms with Crippen molar-refractivity contribution in [3.05, 3.63) is 53.2 Å². The predicted octanol–water partition coefficient (Wildman–Crippen LogP) is 3.51. The Balaban J connectivity index is 1.47. The Kier molecular flexibility index (Phi) is 4.33. The molecule has 1 aromatic carbocycles. The van der Waals surface area contributed by atoms with Crippen LogP contribution >= 0.6 is 0 Å². The number of rotatable bonds is 4. The minimum absolute atomic E-state index is 0.245. The summed E-state index contributed by atoms with van der Waals surface area (Å²) in [5.41, 5.74) is 11.7. The highest BCUT2D eigenvalue weighted by Gasteiger charge is 2.46. The Bertz CT molecular complexity index is 1230. The van der Waals surface area contributed by atoms with Crippen molar-refractivity contribution < 1.29 is 9.13 Å². The van der Waals surface area contributed by atoms with Gasteiger partial charge < -0.3 is 20.7 Å². The van der Waals surface area contributed by atoms with E-state index in [9.17, 15) is 4.39 Å². The first-order valence-electron chi connectivity index (χ1n) is 11.0. The first kappa shape index (κ1) is 19.4. The third-order valence-electron chi connectivity index (χ3n) is 7.02. The highest BCUT2D eigenvalue weighted by molar-refractivity contribution is 5.88. The largest absolute Gasteiger partial charge is 0.423 e. The van der Waals surface area contributed by atoms with Crippen LogP contribution in [0.25, 0.3) is 11.1 Å². The number of aryl methyl sites for hydroxylation is 1. The van der Waals surface area contributed by atoms with Gasteiger partial charge in [0.1, 0.15) is 17.4 Å². The number of benzene rings is 1. The van der Waals surface area contributed by atoms with Crippen LogP contribution < -0.4 is 20.7 Å². The molecule has 3 atom stereocenters. The summed E-state index contributed by atoms with van der Waals surface area (Å²) >= 11 is 0. The van der Waals surface area contributed by atoms with E-state index in [1.165, 1.54) is 6.07 Å². The molecule has 3 aromatic rings. The molecule has 2 fully saturated rings. The fraction of sp³-hybridized carbons (Fsp3) is 0.375. The lowest BCUT2D eigenvalue weighted by molar-refractivity contribution is 0.194. The van der Waals surface area contributed by atoms with Crippen LogP contribution in [0.4, 0.5) is 15.9 Å². The summed E-state index contributed by atoms with van der Waals surface area (Å²) in [6, 6.07) is 5.56. The second-order valence-corrected chi connectivity index (χ2v) is 9.09. The van der Waals surface area contributed by atoms with Crippen LogP contribution in [0.1, 0.15) is 23.2 Å². The van der Waals surface area contributed by atoms with Gasteiger partial charge in [-0.25, -0.2) is 4.39 Å². The maximum absolute atomic E-state index is 14.5.